The van der Waals surface area contributed by atoms with Gasteiger partial charge in [0.15, 0.2) is 18.1 Å². The monoisotopic (exact) mass is 377 g/mol. The molecule has 5 nitrogen and oxygen atoms in total. The third-order valence-corrected chi connectivity index (χ3v) is 3.64. The zero-order valence-corrected chi connectivity index (χ0v) is 14.3. The topological polar surface area (TPSA) is 64.6 Å². The smallest absolute Gasteiger partial charge is 0.262 e. The maximum atomic E-state index is 12.0. The van der Waals surface area contributed by atoms with Crippen LogP contribution < -0.4 is 14.8 Å². The third-order valence-electron chi connectivity index (χ3n) is 3.15. The Bertz CT molecular complexity index is 731. The molecule has 0 radical (unpaired) electrons. The molecule has 120 valence electrons. The quantitative estimate of drug-likeness (QED) is 0.781. The van der Waals surface area contributed by atoms with Crippen molar-refractivity contribution in [2.45, 2.75) is 6.92 Å². The fourth-order valence-electron chi connectivity index (χ4n) is 1.98. The summed E-state index contributed by atoms with van der Waals surface area (Å²) in [5.41, 5.74) is 2.11. The molecule has 2 aromatic carbocycles. The van der Waals surface area contributed by atoms with Crippen LogP contribution in [-0.2, 0) is 4.79 Å². The number of halogens is 1. The van der Waals surface area contributed by atoms with Crippen molar-refractivity contribution in [3.05, 3.63) is 52.0 Å². The highest BCUT2D eigenvalue weighted by molar-refractivity contribution is 9.10. The summed E-state index contributed by atoms with van der Waals surface area (Å²) in [6.07, 6.45) is 0.706. The number of carbonyl (C=O) groups is 2. The molecule has 0 spiro atoms. The van der Waals surface area contributed by atoms with Crippen LogP contribution in [0.4, 0.5) is 5.69 Å². The van der Waals surface area contributed by atoms with Crippen molar-refractivity contribution in [1.82, 2.24) is 0 Å². The first-order valence-corrected chi connectivity index (χ1v) is 7.65. The molecule has 0 saturated carbocycles. The summed E-state index contributed by atoms with van der Waals surface area (Å²) in [6.45, 7) is 1.71. The van der Waals surface area contributed by atoms with Gasteiger partial charge in [-0.15, -0.1) is 0 Å². The van der Waals surface area contributed by atoms with E-state index in [0.29, 0.717) is 23.3 Å². The molecular weight excluding hydrogens is 362 g/mol. The normalized spacial score (nSPS) is 10.0. The maximum Gasteiger partial charge on any atom is 0.262 e. The molecule has 0 fully saturated rings. The van der Waals surface area contributed by atoms with Crippen LogP contribution in [0.1, 0.15) is 15.9 Å². The van der Waals surface area contributed by atoms with Gasteiger partial charge in [0.25, 0.3) is 5.91 Å². The van der Waals surface area contributed by atoms with E-state index < -0.39 is 0 Å². The summed E-state index contributed by atoms with van der Waals surface area (Å²) in [6, 6.07) is 10.3. The van der Waals surface area contributed by atoms with Gasteiger partial charge in [-0.2, -0.15) is 0 Å². The standard InChI is InChI=1S/C17H16BrNO4/c1-11-7-13(18)4-5-14(11)19-17(21)10-23-16-8-12(9-20)3-6-15(16)22-2/h3-9H,10H2,1-2H3,(H,19,21). The predicted molar refractivity (Wildman–Crippen MR) is 91.4 cm³/mol. The average molecular weight is 378 g/mol. The Morgan fingerprint density at radius 1 is 1.22 bits per heavy atom. The van der Waals surface area contributed by atoms with E-state index in [4.69, 9.17) is 9.47 Å². The summed E-state index contributed by atoms with van der Waals surface area (Å²) >= 11 is 3.37. The number of anilines is 1. The molecule has 0 heterocycles. The number of benzene rings is 2. The summed E-state index contributed by atoms with van der Waals surface area (Å²) < 4.78 is 11.6. The van der Waals surface area contributed by atoms with Gasteiger partial charge >= 0.3 is 0 Å². The van der Waals surface area contributed by atoms with Gasteiger partial charge in [-0.3, -0.25) is 9.59 Å². The molecule has 0 saturated heterocycles. The van der Waals surface area contributed by atoms with Crippen molar-refractivity contribution in [2.75, 3.05) is 19.0 Å². The molecule has 0 atom stereocenters. The molecule has 1 N–H and O–H groups in total. The van der Waals surface area contributed by atoms with Crippen LogP contribution in [0.3, 0.4) is 0 Å². The van der Waals surface area contributed by atoms with E-state index in [9.17, 15) is 9.59 Å². The second-order valence-electron chi connectivity index (χ2n) is 4.82. The van der Waals surface area contributed by atoms with Gasteiger partial charge in [-0.25, -0.2) is 0 Å². The minimum atomic E-state index is -0.297. The minimum absolute atomic E-state index is 0.186. The lowest BCUT2D eigenvalue weighted by Gasteiger charge is -2.12. The van der Waals surface area contributed by atoms with Crippen LogP contribution in [0, 0.1) is 6.92 Å². The first-order chi connectivity index (χ1) is 11.0. The number of hydrogen-bond donors (Lipinski definition) is 1. The number of amides is 1. The van der Waals surface area contributed by atoms with Crippen LogP contribution in [-0.4, -0.2) is 25.9 Å². The summed E-state index contributed by atoms with van der Waals surface area (Å²) in [5.74, 6) is 0.511. The SMILES string of the molecule is COc1ccc(C=O)cc1OCC(=O)Nc1ccc(Br)cc1C. The lowest BCUT2D eigenvalue weighted by atomic mass is 10.2. The Morgan fingerprint density at radius 3 is 2.65 bits per heavy atom. The van der Waals surface area contributed by atoms with Gasteiger partial charge in [0.1, 0.15) is 6.29 Å². The zero-order valence-electron chi connectivity index (χ0n) is 12.8. The molecule has 23 heavy (non-hydrogen) atoms. The van der Waals surface area contributed by atoms with Crippen molar-refractivity contribution in [1.29, 1.82) is 0 Å². The highest BCUT2D eigenvalue weighted by Gasteiger charge is 2.10. The highest BCUT2D eigenvalue weighted by Crippen LogP contribution is 2.27. The first-order valence-electron chi connectivity index (χ1n) is 6.85. The van der Waals surface area contributed by atoms with Gasteiger partial charge < -0.3 is 14.8 Å². The number of carbonyl (C=O) groups excluding carboxylic acids is 2. The molecule has 2 aromatic rings. The number of nitrogens with one attached hydrogen (secondary N) is 1. The van der Waals surface area contributed by atoms with Gasteiger partial charge in [-0.1, -0.05) is 15.9 Å². The fourth-order valence-corrected chi connectivity index (χ4v) is 2.45. The molecule has 0 bridgehead atoms. The summed E-state index contributed by atoms with van der Waals surface area (Å²) in [4.78, 5) is 22.8. The number of aryl methyl sites for hydroxylation is 1. The van der Waals surface area contributed by atoms with Crippen molar-refractivity contribution >= 4 is 33.8 Å². The molecule has 0 aromatic heterocycles. The number of ether oxygens (including phenoxy) is 2. The van der Waals surface area contributed by atoms with E-state index in [-0.39, 0.29) is 12.5 Å². The molecule has 1 amide bonds. The van der Waals surface area contributed by atoms with Crippen molar-refractivity contribution in [3.63, 3.8) is 0 Å². The van der Waals surface area contributed by atoms with Crippen molar-refractivity contribution in [2.24, 2.45) is 0 Å². The molecule has 0 aliphatic rings. The van der Waals surface area contributed by atoms with E-state index >= 15 is 0 Å². The Kier molecular flexibility index (Phi) is 5.76. The van der Waals surface area contributed by atoms with Crippen LogP contribution in [0.15, 0.2) is 40.9 Å². The molecule has 6 heteroatoms. The molecular formula is C17H16BrNO4. The van der Waals surface area contributed by atoms with E-state index in [0.717, 1.165) is 15.7 Å². The van der Waals surface area contributed by atoms with E-state index in [2.05, 4.69) is 21.2 Å². The molecule has 0 aliphatic heterocycles. The van der Waals surface area contributed by atoms with Crippen LogP contribution >= 0.6 is 15.9 Å². The Hall–Kier alpha value is -2.34. The van der Waals surface area contributed by atoms with Crippen molar-refractivity contribution < 1.29 is 19.1 Å². The van der Waals surface area contributed by atoms with Crippen LogP contribution in [0.5, 0.6) is 11.5 Å². The zero-order chi connectivity index (χ0) is 16.8. The number of hydrogen-bond acceptors (Lipinski definition) is 4. The summed E-state index contributed by atoms with van der Waals surface area (Å²) in [7, 11) is 1.49. The van der Waals surface area contributed by atoms with E-state index in [1.54, 1.807) is 12.1 Å². The Morgan fingerprint density at radius 2 is 2.00 bits per heavy atom. The number of aldehydes is 1. The van der Waals surface area contributed by atoms with Gasteiger partial charge in [-0.05, 0) is 48.9 Å². The number of methoxy groups -OCH3 is 1. The molecule has 0 unspecified atom stereocenters. The first kappa shape index (κ1) is 17.0. The number of rotatable bonds is 6. The third kappa shape index (κ3) is 4.56. The molecule has 2 rings (SSSR count). The Balaban J connectivity index is 2.03. The predicted octanol–water partition coefficient (Wildman–Crippen LogP) is 3.60. The lowest BCUT2D eigenvalue weighted by Crippen LogP contribution is -2.20. The largest absolute Gasteiger partial charge is 0.493 e. The second-order valence-corrected chi connectivity index (χ2v) is 5.74. The van der Waals surface area contributed by atoms with E-state index in [1.165, 1.54) is 13.2 Å². The van der Waals surface area contributed by atoms with Gasteiger partial charge in [0.05, 0.1) is 7.11 Å². The van der Waals surface area contributed by atoms with Crippen LogP contribution in [0.25, 0.3) is 0 Å². The Labute approximate surface area is 142 Å². The lowest BCUT2D eigenvalue weighted by molar-refractivity contribution is -0.118. The van der Waals surface area contributed by atoms with Crippen molar-refractivity contribution in [3.8, 4) is 11.5 Å². The van der Waals surface area contributed by atoms with Crippen LogP contribution in [0.2, 0.25) is 0 Å². The van der Waals surface area contributed by atoms with Gasteiger partial charge in [0.2, 0.25) is 0 Å². The fraction of sp³-hybridized carbons (Fsp3) is 0.176. The second kappa shape index (κ2) is 7.78. The van der Waals surface area contributed by atoms with Gasteiger partial charge in [0, 0.05) is 15.7 Å². The average Bonchev–Trinajstić information content (AvgIpc) is 2.55. The minimum Gasteiger partial charge on any atom is -0.493 e. The maximum absolute atomic E-state index is 12.0. The summed E-state index contributed by atoms with van der Waals surface area (Å²) in [5, 5.41) is 2.78. The highest BCUT2D eigenvalue weighted by atomic mass is 79.9. The van der Waals surface area contributed by atoms with E-state index in [1.807, 2.05) is 25.1 Å². The molecule has 0 aliphatic carbocycles.